The topological polar surface area (TPSA) is 87.7 Å². The molecular formula is C14H20N2O4. The van der Waals surface area contributed by atoms with E-state index in [2.05, 4.69) is 10.6 Å². The van der Waals surface area contributed by atoms with Gasteiger partial charge in [0.15, 0.2) is 0 Å². The third-order valence-electron chi connectivity index (χ3n) is 2.68. The maximum absolute atomic E-state index is 11.8. The maximum Gasteiger partial charge on any atom is 0.335 e. The summed E-state index contributed by atoms with van der Waals surface area (Å²) >= 11 is 0. The lowest BCUT2D eigenvalue weighted by molar-refractivity contribution is 0.0697. The minimum Gasteiger partial charge on any atom is -0.478 e. The molecule has 1 atom stereocenters. The molecule has 0 aliphatic rings. The van der Waals surface area contributed by atoms with Crippen molar-refractivity contribution >= 4 is 17.7 Å². The van der Waals surface area contributed by atoms with Crippen LogP contribution in [0.1, 0.15) is 29.8 Å². The van der Waals surface area contributed by atoms with Crippen molar-refractivity contribution in [1.29, 1.82) is 0 Å². The molecule has 0 fully saturated rings. The monoisotopic (exact) mass is 280 g/mol. The van der Waals surface area contributed by atoms with Crippen molar-refractivity contribution in [1.82, 2.24) is 5.32 Å². The number of ether oxygens (including phenoxy) is 1. The van der Waals surface area contributed by atoms with E-state index in [1.807, 2.05) is 13.8 Å². The van der Waals surface area contributed by atoms with Gasteiger partial charge < -0.3 is 20.5 Å². The molecule has 0 saturated heterocycles. The molecule has 0 radical (unpaired) electrons. The summed E-state index contributed by atoms with van der Waals surface area (Å²) in [6.07, 6.45) is 0. The van der Waals surface area contributed by atoms with Gasteiger partial charge in [0.05, 0.1) is 18.2 Å². The zero-order valence-electron chi connectivity index (χ0n) is 11.9. The zero-order chi connectivity index (χ0) is 15.1. The number of hydrogen-bond donors (Lipinski definition) is 3. The molecule has 1 rings (SSSR count). The molecule has 6 heteroatoms. The average Bonchev–Trinajstić information content (AvgIpc) is 2.38. The Balaban J connectivity index is 2.65. The molecule has 0 aliphatic heterocycles. The number of aryl methyl sites for hydroxylation is 1. The summed E-state index contributed by atoms with van der Waals surface area (Å²) in [5, 5.41) is 14.3. The fourth-order valence-electron chi connectivity index (χ4n) is 1.61. The molecule has 1 unspecified atom stereocenters. The summed E-state index contributed by atoms with van der Waals surface area (Å²) < 4.78 is 5.20. The number of rotatable bonds is 6. The Bertz CT molecular complexity index is 488. The van der Waals surface area contributed by atoms with E-state index in [0.29, 0.717) is 18.9 Å². The van der Waals surface area contributed by atoms with E-state index in [1.54, 1.807) is 13.0 Å². The molecule has 6 nitrogen and oxygen atoms in total. The number of carbonyl (C=O) groups excluding carboxylic acids is 1. The lowest BCUT2D eigenvalue weighted by Gasteiger charge is -2.15. The van der Waals surface area contributed by atoms with Crippen LogP contribution in [0.25, 0.3) is 0 Å². The molecular weight excluding hydrogens is 260 g/mol. The van der Waals surface area contributed by atoms with E-state index < -0.39 is 5.97 Å². The molecule has 0 spiro atoms. The SMILES string of the molecule is CCOCC(C)NC(=O)Nc1cc(C(=O)O)ccc1C. The van der Waals surface area contributed by atoms with E-state index in [9.17, 15) is 9.59 Å². The molecule has 20 heavy (non-hydrogen) atoms. The molecule has 1 aromatic carbocycles. The summed E-state index contributed by atoms with van der Waals surface area (Å²) in [4.78, 5) is 22.7. The van der Waals surface area contributed by atoms with Gasteiger partial charge >= 0.3 is 12.0 Å². The second-order valence-corrected chi connectivity index (χ2v) is 4.49. The van der Waals surface area contributed by atoms with E-state index in [0.717, 1.165) is 5.56 Å². The third kappa shape index (κ3) is 4.89. The number of amides is 2. The number of hydrogen-bond acceptors (Lipinski definition) is 3. The lowest BCUT2D eigenvalue weighted by atomic mass is 10.1. The number of anilines is 1. The first-order valence-corrected chi connectivity index (χ1v) is 6.43. The van der Waals surface area contributed by atoms with Gasteiger partial charge in [-0.15, -0.1) is 0 Å². The molecule has 0 aliphatic carbocycles. The Morgan fingerprint density at radius 2 is 2.10 bits per heavy atom. The highest BCUT2D eigenvalue weighted by atomic mass is 16.5. The van der Waals surface area contributed by atoms with Crippen LogP contribution < -0.4 is 10.6 Å². The number of carbonyl (C=O) groups is 2. The van der Waals surface area contributed by atoms with Crippen molar-refractivity contribution in [2.24, 2.45) is 0 Å². The largest absolute Gasteiger partial charge is 0.478 e. The van der Waals surface area contributed by atoms with Crippen LogP contribution in [0.2, 0.25) is 0 Å². The number of carboxylic acid groups (broad SMARTS) is 1. The minimum atomic E-state index is -1.03. The van der Waals surface area contributed by atoms with Crippen LogP contribution in [0.3, 0.4) is 0 Å². The Kier molecular flexibility index (Phi) is 5.99. The molecule has 1 aromatic rings. The van der Waals surface area contributed by atoms with E-state index in [1.165, 1.54) is 12.1 Å². The lowest BCUT2D eigenvalue weighted by Crippen LogP contribution is -2.39. The van der Waals surface area contributed by atoms with Crippen LogP contribution in [-0.4, -0.2) is 36.4 Å². The summed E-state index contributed by atoms with van der Waals surface area (Å²) in [5.41, 5.74) is 1.40. The van der Waals surface area contributed by atoms with Crippen molar-refractivity contribution in [3.05, 3.63) is 29.3 Å². The van der Waals surface area contributed by atoms with Crippen LogP contribution in [0.5, 0.6) is 0 Å². The summed E-state index contributed by atoms with van der Waals surface area (Å²) in [6.45, 7) is 6.53. The Labute approximate surface area is 118 Å². The van der Waals surface area contributed by atoms with Crippen LogP contribution in [-0.2, 0) is 4.74 Å². The smallest absolute Gasteiger partial charge is 0.335 e. The summed E-state index contributed by atoms with van der Waals surface area (Å²) in [5.74, 6) is -1.03. The molecule has 110 valence electrons. The molecule has 2 amide bonds. The van der Waals surface area contributed by atoms with Crippen LogP contribution >= 0.6 is 0 Å². The van der Waals surface area contributed by atoms with Crippen molar-refractivity contribution in [2.45, 2.75) is 26.8 Å². The fourth-order valence-corrected chi connectivity index (χ4v) is 1.61. The van der Waals surface area contributed by atoms with Crippen LogP contribution in [0, 0.1) is 6.92 Å². The number of urea groups is 1. The average molecular weight is 280 g/mol. The highest BCUT2D eigenvalue weighted by Gasteiger charge is 2.11. The van der Waals surface area contributed by atoms with E-state index in [-0.39, 0.29) is 17.6 Å². The highest BCUT2D eigenvalue weighted by Crippen LogP contribution is 2.16. The Morgan fingerprint density at radius 1 is 1.40 bits per heavy atom. The molecule has 0 saturated carbocycles. The summed E-state index contributed by atoms with van der Waals surface area (Å²) in [6, 6.07) is 4.08. The number of benzene rings is 1. The van der Waals surface area contributed by atoms with Gasteiger partial charge in [-0.05, 0) is 38.5 Å². The second kappa shape index (κ2) is 7.49. The minimum absolute atomic E-state index is 0.127. The zero-order valence-corrected chi connectivity index (χ0v) is 11.9. The quantitative estimate of drug-likeness (QED) is 0.745. The van der Waals surface area contributed by atoms with Crippen molar-refractivity contribution in [3.8, 4) is 0 Å². The fraction of sp³-hybridized carbons (Fsp3) is 0.429. The van der Waals surface area contributed by atoms with Crippen LogP contribution in [0.4, 0.5) is 10.5 Å². The molecule has 0 bridgehead atoms. The molecule has 0 heterocycles. The highest BCUT2D eigenvalue weighted by molar-refractivity contribution is 5.94. The summed E-state index contributed by atoms with van der Waals surface area (Å²) in [7, 11) is 0. The first-order chi connectivity index (χ1) is 9.43. The van der Waals surface area contributed by atoms with Gasteiger partial charge in [0.25, 0.3) is 0 Å². The van der Waals surface area contributed by atoms with Gasteiger partial charge in [0.1, 0.15) is 0 Å². The van der Waals surface area contributed by atoms with Gasteiger partial charge in [-0.1, -0.05) is 6.07 Å². The van der Waals surface area contributed by atoms with Gasteiger partial charge in [0.2, 0.25) is 0 Å². The Hall–Kier alpha value is -2.08. The van der Waals surface area contributed by atoms with Crippen molar-refractivity contribution < 1.29 is 19.4 Å². The predicted octanol–water partition coefficient (Wildman–Crippen LogP) is 2.24. The maximum atomic E-state index is 11.8. The van der Waals surface area contributed by atoms with E-state index >= 15 is 0 Å². The molecule has 0 aromatic heterocycles. The standard InChI is InChI=1S/C14H20N2O4/c1-4-20-8-10(3)15-14(19)16-12-7-11(13(17)18)6-5-9(12)2/h5-7,10H,4,8H2,1-3H3,(H,17,18)(H2,15,16,19). The van der Waals surface area contributed by atoms with Gasteiger partial charge in [-0.25, -0.2) is 9.59 Å². The van der Waals surface area contributed by atoms with E-state index in [4.69, 9.17) is 9.84 Å². The first kappa shape index (κ1) is 16.0. The van der Waals surface area contributed by atoms with Gasteiger partial charge in [0, 0.05) is 12.3 Å². The normalized spacial score (nSPS) is 11.8. The van der Waals surface area contributed by atoms with Crippen molar-refractivity contribution in [3.63, 3.8) is 0 Å². The number of carboxylic acids is 1. The Morgan fingerprint density at radius 3 is 2.70 bits per heavy atom. The van der Waals surface area contributed by atoms with Gasteiger partial charge in [-0.3, -0.25) is 0 Å². The second-order valence-electron chi connectivity index (χ2n) is 4.49. The van der Waals surface area contributed by atoms with Crippen molar-refractivity contribution in [2.75, 3.05) is 18.5 Å². The predicted molar refractivity (Wildman–Crippen MR) is 76.2 cm³/mol. The third-order valence-corrected chi connectivity index (χ3v) is 2.68. The molecule has 3 N–H and O–H groups in total. The van der Waals surface area contributed by atoms with Crippen LogP contribution in [0.15, 0.2) is 18.2 Å². The number of nitrogens with one attached hydrogen (secondary N) is 2. The van der Waals surface area contributed by atoms with Gasteiger partial charge in [-0.2, -0.15) is 0 Å². The number of aromatic carboxylic acids is 1. The first-order valence-electron chi connectivity index (χ1n) is 6.43.